The Balaban J connectivity index is 1.17. The van der Waals surface area contributed by atoms with Crippen molar-refractivity contribution in [2.45, 2.75) is 39.0 Å². The highest BCUT2D eigenvalue weighted by atomic mass is 16.5. The highest BCUT2D eigenvalue weighted by Crippen LogP contribution is 2.56. The Morgan fingerprint density at radius 3 is 2.40 bits per heavy atom. The lowest BCUT2D eigenvalue weighted by molar-refractivity contribution is -0.139. The minimum atomic E-state index is -0.582. The minimum absolute atomic E-state index is 0.0891. The molecular weight excluding hydrogens is 444 g/mol. The first-order valence-corrected chi connectivity index (χ1v) is 12.5. The Bertz CT molecular complexity index is 1210. The monoisotopic (exact) mass is 472 g/mol. The summed E-state index contributed by atoms with van der Waals surface area (Å²) >= 11 is 0. The predicted octanol–water partition coefficient (Wildman–Crippen LogP) is 3.74. The molecule has 0 radical (unpaired) electrons. The normalized spacial score (nSPS) is 29.3. The molecule has 0 spiro atoms. The molecule has 0 aromatic heterocycles. The molecule has 2 heterocycles. The lowest BCUT2D eigenvalue weighted by Crippen LogP contribution is -2.32. The van der Waals surface area contributed by atoms with Crippen LogP contribution in [0.2, 0.25) is 0 Å². The van der Waals surface area contributed by atoms with E-state index in [0.29, 0.717) is 17.5 Å². The van der Waals surface area contributed by atoms with E-state index in [1.165, 1.54) is 4.90 Å². The maximum atomic E-state index is 13.1. The third kappa shape index (κ3) is 3.48. The van der Waals surface area contributed by atoms with E-state index < -0.39 is 11.9 Å². The molecule has 2 saturated carbocycles. The van der Waals surface area contributed by atoms with Gasteiger partial charge in [0.2, 0.25) is 17.7 Å². The summed E-state index contributed by atoms with van der Waals surface area (Å²) in [6, 6.07) is 14.3. The van der Waals surface area contributed by atoms with Crippen LogP contribution in [0.15, 0.2) is 48.5 Å². The third-order valence-electron chi connectivity index (χ3n) is 8.34. The number of nitrogens with zero attached hydrogens (tertiary/aromatic N) is 2. The van der Waals surface area contributed by atoms with Gasteiger partial charge in [0.05, 0.1) is 23.4 Å². The van der Waals surface area contributed by atoms with Crippen LogP contribution in [-0.4, -0.2) is 30.2 Å². The van der Waals surface area contributed by atoms with Gasteiger partial charge in [0.15, 0.2) is 0 Å². The molecule has 7 nitrogen and oxygen atoms in total. The molecule has 0 unspecified atom stereocenters. The molecule has 0 N–H and O–H groups in total. The number of imide groups is 1. The van der Waals surface area contributed by atoms with Gasteiger partial charge < -0.3 is 9.64 Å². The van der Waals surface area contributed by atoms with Crippen LogP contribution in [0.5, 0.6) is 5.75 Å². The molecule has 6 rings (SSSR count). The first kappa shape index (κ1) is 22.0. The molecule has 7 heteroatoms. The summed E-state index contributed by atoms with van der Waals surface area (Å²) in [7, 11) is 0. The number of carbonyl (C=O) groups excluding carboxylic acids is 4. The van der Waals surface area contributed by atoms with Gasteiger partial charge in [0, 0.05) is 24.7 Å². The fourth-order valence-electron chi connectivity index (χ4n) is 6.72. The van der Waals surface area contributed by atoms with Crippen LogP contribution in [0.1, 0.15) is 38.2 Å². The van der Waals surface area contributed by atoms with Crippen molar-refractivity contribution in [3.05, 3.63) is 54.1 Å². The highest BCUT2D eigenvalue weighted by molar-refractivity contribution is 6.22. The number of esters is 1. The fraction of sp³-hybridized carbons (Fsp3) is 0.429. The average molecular weight is 473 g/mol. The van der Waals surface area contributed by atoms with Crippen molar-refractivity contribution in [2.24, 2.45) is 29.6 Å². The Kier molecular flexibility index (Phi) is 5.24. The molecule has 2 aliphatic carbocycles. The first-order valence-electron chi connectivity index (χ1n) is 12.5. The van der Waals surface area contributed by atoms with Crippen molar-refractivity contribution in [2.75, 3.05) is 16.3 Å². The summed E-state index contributed by atoms with van der Waals surface area (Å²) in [5.41, 5.74) is 2.34. The number of carbonyl (C=O) groups is 4. The lowest BCUT2D eigenvalue weighted by atomic mass is 9.81. The summed E-state index contributed by atoms with van der Waals surface area (Å²) in [6.45, 7) is 2.30. The molecule has 3 amide bonds. The van der Waals surface area contributed by atoms with E-state index >= 15 is 0 Å². The summed E-state index contributed by atoms with van der Waals surface area (Å²) < 4.78 is 5.64. The molecule has 180 valence electrons. The van der Waals surface area contributed by atoms with Gasteiger partial charge in [-0.3, -0.25) is 19.2 Å². The first-order chi connectivity index (χ1) is 17.0. The smallest absolute Gasteiger partial charge is 0.316 e. The largest absolute Gasteiger partial charge is 0.426 e. The highest BCUT2D eigenvalue weighted by Gasteiger charge is 2.61. The number of anilines is 2. The molecular formula is C28H28N2O5. The number of para-hydroxylation sites is 1. The maximum Gasteiger partial charge on any atom is 0.316 e. The van der Waals surface area contributed by atoms with E-state index in [1.807, 2.05) is 31.2 Å². The zero-order valence-corrected chi connectivity index (χ0v) is 19.7. The Labute approximate surface area is 204 Å². The average Bonchev–Trinajstić information content (AvgIpc) is 3.62. The van der Waals surface area contributed by atoms with Gasteiger partial charge in [-0.1, -0.05) is 31.2 Å². The summed E-state index contributed by atoms with van der Waals surface area (Å²) in [5.74, 6) is -0.917. The van der Waals surface area contributed by atoms with Crippen molar-refractivity contribution in [3.63, 3.8) is 0 Å². The van der Waals surface area contributed by atoms with Gasteiger partial charge >= 0.3 is 5.97 Å². The van der Waals surface area contributed by atoms with Crippen LogP contribution in [0.4, 0.5) is 11.4 Å². The van der Waals surface area contributed by atoms with Crippen molar-refractivity contribution < 1.29 is 23.9 Å². The van der Waals surface area contributed by atoms with Crippen LogP contribution in [0.3, 0.4) is 0 Å². The van der Waals surface area contributed by atoms with Gasteiger partial charge in [0.1, 0.15) is 5.75 Å². The molecule has 35 heavy (non-hydrogen) atoms. The zero-order valence-electron chi connectivity index (χ0n) is 19.7. The predicted molar refractivity (Wildman–Crippen MR) is 129 cm³/mol. The standard InChI is InChI=1S/C28H28N2O5/c1-2-16-6-3-4-9-22(16)29-15-19(13-23(29)31)28(34)35-21-8-5-7-20(14-21)30-26(32)24-17-10-11-18(12-17)25(24)27(30)33/h3-9,14,17-19,24-25H,2,10-13,15H2,1H3/t17-,18-,19+,24-,25-/m0/s1. The molecule has 2 aromatic carbocycles. The van der Waals surface area contributed by atoms with Crippen LogP contribution >= 0.6 is 0 Å². The van der Waals surface area contributed by atoms with Crippen LogP contribution in [0.25, 0.3) is 0 Å². The van der Waals surface area contributed by atoms with Crippen molar-refractivity contribution >= 4 is 35.1 Å². The number of rotatable bonds is 5. The fourth-order valence-corrected chi connectivity index (χ4v) is 6.72. The quantitative estimate of drug-likeness (QED) is 0.376. The number of amides is 3. The summed E-state index contributed by atoms with van der Waals surface area (Å²) in [4.78, 5) is 54.9. The van der Waals surface area contributed by atoms with Gasteiger partial charge in [-0.2, -0.15) is 0 Å². The molecule has 5 atom stereocenters. The van der Waals surface area contributed by atoms with Crippen molar-refractivity contribution in [1.29, 1.82) is 0 Å². The van der Waals surface area contributed by atoms with Gasteiger partial charge in [-0.15, -0.1) is 0 Å². The van der Waals surface area contributed by atoms with Crippen LogP contribution in [-0.2, 0) is 25.6 Å². The van der Waals surface area contributed by atoms with Crippen LogP contribution < -0.4 is 14.5 Å². The van der Waals surface area contributed by atoms with E-state index in [0.717, 1.165) is 36.9 Å². The second-order valence-electron chi connectivity index (χ2n) is 10.2. The van der Waals surface area contributed by atoms with Gasteiger partial charge in [0.25, 0.3) is 0 Å². The Hall–Kier alpha value is -3.48. The lowest BCUT2D eigenvalue weighted by Gasteiger charge is -2.20. The number of aryl methyl sites for hydroxylation is 1. The second kappa shape index (κ2) is 8.33. The van der Waals surface area contributed by atoms with E-state index in [1.54, 1.807) is 29.2 Å². The zero-order chi connectivity index (χ0) is 24.3. The number of hydrogen-bond acceptors (Lipinski definition) is 5. The second-order valence-corrected chi connectivity index (χ2v) is 10.2. The minimum Gasteiger partial charge on any atom is -0.426 e. The maximum absolute atomic E-state index is 13.1. The van der Waals surface area contributed by atoms with E-state index in [4.69, 9.17) is 4.74 Å². The van der Waals surface area contributed by atoms with Crippen LogP contribution in [0, 0.1) is 29.6 Å². The van der Waals surface area contributed by atoms with Gasteiger partial charge in [-0.05, 0) is 61.3 Å². The van der Waals surface area contributed by atoms with E-state index in [9.17, 15) is 19.2 Å². The Morgan fingerprint density at radius 2 is 1.69 bits per heavy atom. The molecule has 4 fully saturated rings. The molecule has 4 aliphatic rings. The van der Waals surface area contributed by atoms with E-state index in [-0.39, 0.29) is 48.3 Å². The third-order valence-corrected chi connectivity index (χ3v) is 8.34. The molecule has 2 aromatic rings. The summed E-state index contributed by atoms with van der Waals surface area (Å²) in [6.07, 6.45) is 3.91. The number of benzene rings is 2. The van der Waals surface area contributed by atoms with Gasteiger partial charge in [-0.25, -0.2) is 4.90 Å². The Morgan fingerprint density at radius 1 is 0.971 bits per heavy atom. The molecule has 2 saturated heterocycles. The number of hydrogen-bond donors (Lipinski definition) is 0. The van der Waals surface area contributed by atoms with Crippen molar-refractivity contribution in [1.82, 2.24) is 0 Å². The number of ether oxygens (including phenoxy) is 1. The number of fused-ring (bicyclic) bond motifs is 5. The molecule has 2 aliphatic heterocycles. The summed E-state index contributed by atoms with van der Waals surface area (Å²) in [5, 5.41) is 0. The van der Waals surface area contributed by atoms with Crippen molar-refractivity contribution in [3.8, 4) is 5.75 Å². The topological polar surface area (TPSA) is 84.0 Å². The SMILES string of the molecule is CCc1ccccc1N1C[C@H](C(=O)Oc2cccc(N3C(=O)[C@H]4[C@H]5CC[C@@H](C5)[C@@H]4C3=O)c2)CC1=O. The molecule has 2 bridgehead atoms. The van der Waals surface area contributed by atoms with E-state index in [2.05, 4.69) is 0 Å².